The Balaban J connectivity index is 1.46. The number of nitrogens with zero attached hydrogens (tertiary/aromatic N) is 4. The van der Waals surface area contributed by atoms with E-state index in [1.165, 1.54) is 12.2 Å². The summed E-state index contributed by atoms with van der Waals surface area (Å²) in [7, 11) is 3.13. The summed E-state index contributed by atoms with van der Waals surface area (Å²) >= 11 is 0. The first kappa shape index (κ1) is 22.3. The fourth-order valence-corrected chi connectivity index (χ4v) is 3.85. The van der Waals surface area contributed by atoms with E-state index in [0.29, 0.717) is 71.9 Å². The van der Waals surface area contributed by atoms with Gasteiger partial charge in [0.05, 0.1) is 19.7 Å². The molecule has 1 saturated heterocycles. The van der Waals surface area contributed by atoms with Crippen molar-refractivity contribution in [2.75, 3.05) is 57.6 Å². The maximum atomic E-state index is 13.0. The third kappa shape index (κ3) is 4.23. The number of aromatic nitrogens is 2. The van der Waals surface area contributed by atoms with E-state index in [0.717, 1.165) is 0 Å². The Morgan fingerprint density at radius 3 is 2.39 bits per heavy atom. The number of allylic oxidation sites excluding steroid dienone is 2. The van der Waals surface area contributed by atoms with Crippen LogP contribution in [0.2, 0.25) is 0 Å². The van der Waals surface area contributed by atoms with Crippen LogP contribution in [0.25, 0.3) is 10.9 Å². The molecule has 0 saturated carbocycles. The van der Waals surface area contributed by atoms with Crippen LogP contribution in [0.1, 0.15) is 0 Å². The van der Waals surface area contributed by atoms with Gasteiger partial charge in [-0.25, -0.2) is 4.98 Å². The highest BCUT2D eigenvalue weighted by atomic mass is 16.6. The molecule has 174 valence electrons. The number of piperazine rings is 1. The average molecular weight is 453 g/mol. The zero-order valence-electron chi connectivity index (χ0n) is 18.7. The molecule has 2 aliphatic rings. The van der Waals surface area contributed by atoms with Gasteiger partial charge in [0.2, 0.25) is 12.1 Å². The molecule has 33 heavy (non-hydrogen) atoms. The molecular formula is C23H27N5O5. The van der Waals surface area contributed by atoms with E-state index >= 15 is 0 Å². The van der Waals surface area contributed by atoms with Crippen LogP contribution in [0.5, 0.6) is 11.5 Å². The van der Waals surface area contributed by atoms with Gasteiger partial charge in [-0.05, 0) is 18.2 Å². The number of nitrogens with two attached hydrogens (primary N) is 1. The minimum Gasteiger partial charge on any atom is -0.493 e. The molecule has 2 aromatic rings. The van der Waals surface area contributed by atoms with Crippen LogP contribution in [0.4, 0.5) is 11.8 Å². The number of nitrogen functional groups attached to an aromatic ring is 1. The molecule has 1 fully saturated rings. The predicted octanol–water partition coefficient (Wildman–Crippen LogP) is 1.88. The van der Waals surface area contributed by atoms with Crippen molar-refractivity contribution in [3.63, 3.8) is 0 Å². The third-order valence-corrected chi connectivity index (χ3v) is 5.64. The number of fused-ring (bicyclic) bond motifs is 1. The highest BCUT2D eigenvalue weighted by Gasteiger charge is 2.33. The lowest BCUT2D eigenvalue weighted by Crippen LogP contribution is -2.53. The Labute approximate surface area is 191 Å². The second-order valence-electron chi connectivity index (χ2n) is 7.50. The molecule has 10 nitrogen and oxygen atoms in total. The monoisotopic (exact) mass is 453 g/mol. The van der Waals surface area contributed by atoms with Gasteiger partial charge in [-0.3, -0.25) is 4.79 Å². The summed E-state index contributed by atoms with van der Waals surface area (Å²) in [5.74, 6) is 2.75. The van der Waals surface area contributed by atoms with E-state index in [1.54, 1.807) is 31.3 Å². The van der Waals surface area contributed by atoms with Crippen molar-refractivity contribution in [3.8, 4) is 11.5 Å². The third-order valence-electron chi connectivity index (χ3n) is 5.64. The number of ether oxygens (including phenoxy) is 4. The number of anilines is 2. The molecule has 1 atom stereocenters. The van der Waals surface area contributed by atoms with Gasteiger partial charge < -0.3 is 34.5 Å². The van der Waals surface area contributed by atoms with Crippen molar-refractivity contribution < 1.29 is 23.7 Å². The number of hydrogen-bond donors (Lipinski definition) is 1. The van der Waals surface area contributed by atoms with E-state index < -0.39 is 6.10 Å². The lowest BCUT2D eigenvalue weighted by atomic mass is 10.2. The van der Waals surface area contributed by atoms with Crippen LogP contribution in [0.3, 0.4) is 0 Å². The molecule has 2 N–H and O–H groups in total. The molecule has 0 aliphatic carbocycles. The first-order valence-corrected chi connectivity index (χ1v) is 10.5. The molecule has 0 radical (unpaired) electrons. The van der Waals surface area contributed by atoms with Crippen molar-refractivity contribution >= 4 is 28.6 Å². The molecule has 1 aromatic carbocycles. The van der Waals surface area contributed by atoms with Crippen molar-refractivity contribution in [2.24, 2.45) is 0 Å². The van der Waals surface area contributed by atoms with Crippen molar-refractivity contribution in [1.29, 1.82) is 0 Å². The Morgan fingerprint density at radius 2 is 1.76 bits per heavy atom. The molecule has 1 amide bonds. The van der Waals surface area contributed by atoms with Crippen LogP contribution >= 0.6 is 0 Å². The summed E-state index contributed by atoms with van der Waals surface area (Å²) in [5, 5.41) is 0.685. The summed E-state index contributed by atoms with van der Waals surface area (Å²) in [6.07, 6.45) is 2.33. The van der Waals surface area contributed by atoms with Gasteiger partial charge in [0, 0.05) is 37.6 Å². The van der Waals surface area contributed by atoms with Gasteiger partial charge in [-0.15, -0.1) is 0 Å². The van der Waals surface area contributed by atoms with Gasteiger partial charge in [-0.2, -0.15) is 4.98 Å². The van der Waals surface area contributed by atoms with E-state index in [2.05, 4.69) is 23.1 Å². The normalized spacial score (nSPS) is 18.4. The Kier molecular flexibility index (Phi) is 6.25. The second kappa shape index (κ2) is 9.27. The molecular weight excluding hydrogens is 426 g/mol. The highest BCUT2D eigenvalue weighted by Crippen LogP contribution is 2.34. The maximum Gasteiger partial charge on any atom is 0.267 e. The highest BCUT2D eigenvalue weighted by molar-refractivity contribution is 5.91. The minimum absolute atomic E-state index is 0.132. The summed E-state index contributed by atoms with van der Waals surface area (Å²) in [4.78, 5) is 25.8. The molecule has 1 unspecified atom stereocenters. The number of benzene rings is 1. The Hall–Kier alpha value is -3.95. The largest absolute Gasteiger partial charge is 0.493 e. The lowest BCUT2D eigenvalue weighted by molar-refractivity contribution is -0.146. The van der Waals surface area contributed by atoms with Gasteiger partial charge in [0.1, 0.15) is 12.4 Å². The fraction of sp³-hybridized carbons (Fsp3) is 0.348. The molecule has 0 bridgehead atoms. The first-order chi connectivity index (χ1) is 16.0. The van der Waals surface area contributed by atoms with Crippen molar-refractivity contribution in [2.45, 2.75) is 6.10 Å². The molecule has 4 rings (SSSR count). The minimum atomic E-state index is -0.719. The molecule has 10 heteroatoms. The molecule has 0 spiro atoms. The van der Waals surface area contributed by atoms with E-state index in [1.807, 2.05) is 4.90 Å². The number of carbonyl (C=O) groups is 1. The maximum absolute atomic E-state index is 13.0. The van der Waals surface area contributed by atoms with Crippen LogP contribution in [-0.2, 0) is 14.3 Å². The number of rotatable bonds is 6. The van der Waals surface area contributed by atoms with E-state index in [-0.39, 0.29) is 12.5 Å². The van der Waals surface area contributed by atoms with Gasteiger partial charge in [0.25, 0.3) is 5.91 Å². The predicted molar refractivity (Wildman–Crippen MR) is 124 cm³/mol. The SMILES string of the molecule is C=CC1=C(C=C)OC(C(=O)N2CCN(c3nc(N)c4cc(OC)c(OC)cc4n3)CC2)CO1. The average Bonchev–Trinajstić information content (AvgIpc) is 2.87. The quantitative estimate of drug-likeness (QED) is 0.700. The fourth-order valence-electron chi connectivity index (χ4n) is 3.85. The zero-order chi connectivity index (χ0) is 23.5. The lowest BCUT2D eigenvalue weighted by Gasteiger charge is -2.37. The summed E-state index contributed by atoms with van der Waals surface area (Å²) in [6, 6.07) is 3.54. The first-order valence-electron chi connectivity index (χ1n) is 10.5. The summed E-state index contributed by atoms with van der Waals surface area (Å²) < 4.78 is 22.1. The zero-order valence-corrected chi connectivity index (χ0v) is 18.7. The molecule has 1 aromatic heterocycles. The van der Waals surface area contributed by atoms with Crippen LogP contribution in [0, 0.1) is 0 Å². The Morgan fingerprint density at radius 1 is 1.09 bits per heavy atom. The summed E-state index contributed by atoms with van der Waals surface area (Å²) in [5.41, 5.74) is 6.87. The van der Waals surface area contributed by atoms with Gasteiger partial charge >= 0.3 is 0 Å². The van der Waals surface area contributed by atoms with Crippen molar-refractivity contribution in [3.05, 3.63) is 49.0 Å². The van der Waals surface area contributed by atoms with E-state index in [9.17, 15) is 4.79 Å². The molecule has 2 aliphatic heterocycles. The van der Waals surface area contributed by atoms with Gasteiger partial charge in [-0.1, -0.05) is 13.2 Å². The van der Waals surface area contributed by atoms with Gasteiger partial charge in [0.15, 0.2) is 23.0 Å². The Bertz CT molecular complexity index is 1120. The smallest absolute Gasteiger partial charge is 0.267 e. The van der Waals surface area contributed by atoms with E-state index in [4.69, 9.17) is 24.7 Å². The number of hydrogen-bond acceptors (Lipinski definition) is 9. The second-order valence-corrected chi connectivity index (χ2v) is 7.50. The number of amides is 1. The van der Waals surface area contributed by atoms with Crippen LogP contribution in [-0.4, -0.2) is 73.9 Å². The standard InChI is InChI=1S/C23H27N5O5/c1-5-16-17(6-2)33-20(13-32-16)22(29)27-7-9-28(10-8-27)23-25-15-12-19(31-4)18(30-3)11-14(15)21(24)26-23/h5-6,11-12,20H,1-2,7-10,13H2,3-4H3,(H2,24,25,26). The molecule has 3 heterocycles. The topological polar surface area (TPSA) is 112 Å². The van der Waals surface area contributed by atoms with Crippen molar-refractivity contribution in [1.82, 2.24) is 14.9 Å². The number of methoxy groups -OCH3 is 2. The number of carbonyl (C=O) groups excluding carboxylic acids is 1. The van der Waals surface area contributed by atoms with Crippen LogP contribution < -0.4 is 20.1 Å². The van der Waals surface area contributed by atoms with Crippen LogP contribution in [0.15, 0.2) is 49.0 Å². The summed E-state index contributed by atoms with van der Waals surface area (Å²) in [6.45, 7) is 9.61.